The van der Waals surface area contributed by atoms with E-state index in [1.807, 2.05) is 43.3 Å². The minimum atomic E-state index is -3.82. The van der Waals surface area contributed by atoms with Gasteiger partial charge in [-0.1, -0.05) is 48.6 Å². The third-order valence-corrected chi connectivity index (χ3v) is 12.7. The predicted octanol–water partition coefficient (Wildman–Crippen LogP) is 7.04. The second kappa shape index (κ2) is 15.4. The molecular weight excluding hydrogens is 682 g/mol. The molecule has 10 heteroatoms. The zero-order valence-electron chi connectivity index (χ0n) is 29.7. The smallest absolute Gasteiger partial charge is 0.264 e. The Labute approximate surface area is 307 Å². The molecule has 2 aromatic carbocycles. The normalized spacial score (nSPS) is 22.5. The molecule has 3 aromatic rings. The van der Waals surface area contributed by atoms with Gasteiger partial charge >= 0.3 is 0 Å². The highest BCUT2D eigenvalue weighted by Crippen LogP contribution is 2.48. The first-order valence-electron chi connectivity index (χ1n) is 18.1. The molecule has 4 atom stereocenters. The van der Waals surface area contributed by atoms with Gasteiger partial charge in [-0.25, -0.2) is 13.1 Å². The van der Waals surface area contributed by atoms with Gasteiger partial charge in [0.1, 0.15) is 11.4 Å². The number of nitrogens with zero attached hydrogens (tertiary/aromatic N) is 2. The quantitative estimate of drug-likeness (QED) is 0.170. The topological polar surface area (TPSA) is 109 Å². The summed E-state index contributed by atoms with van der Waals surface area (Å²) in [4.78, 5) is 20.0. The fraction of sp³-hybridized carbons (Fsp3) is 0.463. The van der Waals surface area contributed by atoms with Crippen LogP contribution in [-0.2, 0) is 28.3 Å². The highest BCUT2D eigenvalue weighted by molar-refractivity contribution is 7.90. The van der Waals surface area contributed by atoms with E-state index in [0.29, 0.717) is 43.3 Å². The maximum Gasteiger partial charge on any atom is 0.264 e. The Bertz CT molecular complexity index is 1940. The standard InChI is InChI=1S/C41H48ClN3O5S/c1-4-5-21-41(47,22-8-6-12-34-13-7-9-23-43-34)36-17-14-32(36)26-45-27-40(20-10-11-30-24-33(42)16-18-35(30)40)28-50-38-19-15-31(25-37(38)45)39(46)44-51(48,49)29(2)3/h5,7,9,13,15-16,18-19,21,23-25,29,32,36,47H,4,6,10-12,14,17,20,26-28H2,1-3H3,(H,44,46)/b21-5+/t32-,36+,40-,41-/m0/s1. The van der Waals surface area contributed by atoms with Gasteiger partial charge in [0.25, 0.3) is 5.91 Å². The van der Waals surface area contributed by atoms with Gasteiger partial charge in [0, 0.05) is 59.7 Å². The molecule has 1 fully saturated rings. The van der Waals surface area contributed by atoms with Crippen molar-refractivity contribution in [1.29, 1.82) is 0 Å². The molecular formula is C41H48ClN3O5S. The molecule has 6 rings (SSSR count). The maximum atomic E-state index is 13.3. The molecule has 8 nitrogen and oxygen atoms in total. The molecule has 51 heavy (non-hydrogen) atoms. The molecule has 0 unspecified atom stereocenters. The van der Waals surface area contributed by atoms with Gasteiger partial charge in [0.2, 0.25) is 10.0 Å². The molecule has 0 bridgehead atoms. The number of halogens is 1. The van der Waals surface area contributed by atoms with E-state index in [-0.39, 0.29) is 22.8 Å². The van der Waals surface area contributed by atoms with Crippen molar-refractivity contribution in [2.45, 2.75) is 88.4 Å². The van der Waals surface area contributed by atoms with Crippen LogP contribution in [0.3, 0.4) is 0 Å². The Morgan fingerprint density at radius 3 is 2.78 bits per heavy atom. The number of nitrogens with one attached hydrogen (secondary N) is 1. The number of aliphatic hydroxyl groups is 1. The summed E-state index contributed by atoms with van der Waals surface area (Å²) in [5.41, 5.74) is 2.79. The summed E-state index contributed by atoms with van der Waals surface area (Å²) in [6.07, 6.45) is 12.3. The molecule has 1 saturated carbocycles. The summed E-state index contributed by atoms with van der Waals surface area (Å²) in [6, 6.07) is 17.1. The fourth-order valence-electron chi connectivity index (χ4n) is 7.71. The number of pyridine rings is 1. The van der Waals surface area contributed by atoms with Gasteiger partial charge in [-0.2, -0.15) is 0 Å². The van der Waals surface area contributed by atoms with Crippen molar-refractivity contribution in [1.82, 2.24) is 9.71 Å². The number of rotatable bonds is 10. The fourth-order valence-corrected chi connectivity index (χ4v) is 8.51. The van der Waals surface area contributed by atoms with Crippen LogP contribution in [0.15, 0.2) is 72.9 Å². The molecule has 3 aliphatic rings. The van der Waals surface area contributed by atoms with Gasteiger partial charge in [0.15, 0.2) is 0 Å². The second-order valence-corrected chi connectivity index (χ2v) is 17.2. The first-order valence-corrected chi connectivity index (χ1v) is 20.0. The summed E-state index contributed by atoms with van der Waals surface area (Å²) < 4.78 is 34.1. The van der Waals surface area contributed by atoms with Crippen LogP contribution in [0.4, 0.5) is 5.69 Å². The van der Waals surface area contributed by atoms with Gasteiger partial charge < -0.3 is 14.7 Å². The van der Waals surface area contributed by atoms with Crippen LogP contribution in [0, 0.1) is 23.7 Å². The first kappa shape index (κ1) is 36.9. The lowest BCUT2D eigenvalue weighted by atomic mass is 9.64. The zero-order chi connectivity index (χ0) is 36.2. The van der Waals surface area contributed by atoms with Gasteiger partial charge in [0.05, 0.1) is 17.5 Å². The van der Waals surface area contributed by atoms with Gasteiger partial charge in [-0.3, -0.25) is 9.78 Å². The number of ether oxygens (including phenoxy) is 1. The number of fused-ring (bicyclic) bond motifs is 3. The van der Waals surface area contributed by atoms with Crippen molar-refractivity contribution in [2.75, 3.05) is 24.6 Å². The number of aromatic nitrogens is 1. The summed E-state index contributed by atoms with van der Waals surface area (Å²) in [6.45, 7) is 6.82. The molecule has 0 saturated heterocycles. The van der Waals surface area contributed by atoms with E-state index < -0.39 is 26.8 Å². The number of hydrogen-bond donors (Lipinski definition) is 2. The molecule has 1 aromatic heterocycles. The number of benzene rings is 2. The van der Waals surface area contributed by atoms with Gasteiger partial charge in [-0.05, 0) is 118 Å². The average Bonchev–Trinajstić information content (AvgIpc) is 3.24. The lowest BCUT2D eigenvalue weighted by Gasteiger charge is -2.47. The van der Waals surface area contributed by atoms with E-state index in [9.17, 15) is 18.3 Å². The van der Waals surface area contributed by atoms with Crippen molar-refractivity contribution >= 4 is 33.2 Å². The van der Waals surface area contributed by atoms with E-state index in [1.165, 1.54) is 25.0 Å². The number of hydrogen-bond acceptors (Lipinski definition) is 7. The number of sulfonamides is 1. The Hall–Kier alpha value is -3.84. The van der Waals surface area contributed by atoms with Crippen molar-refractivity contribution in [3.8, 4) is 17.6 Å². The van der Waals surface area contributed by atoms with Crippen molar-refractivity contribution in [3.63, 3.8) is 0 Å². The van der Waals surface area contributed by atoms with E-state index in [0.717, 1.165) is 49.9 Å². The van der Waals surface area contributed by atoms with E-state index in [2.05, 4.69) is 38.6 Å². The molecule has 1 amide bonds. The molecule has 0 radical (unpaired) electrons. The number of allylic oxidation sites excluding steroid dienone is 1. The summed E-state index contributed by atoms with van der Waals surface area (Å²) >= 11 is 6.45. The molecule has 2 aliphatic carbocycles. The maximum absolute atomic E-state index is 13.3. The van der Waals surface area contributed by atoms with Crippen LogP contribution >= 0.6 is 11.6 Å². The lowest BCUT2D eigenvalue weighted by molar-refractivity contribution is -0.00320. The van der Waals surface area contributed by atoms with Crippen LogP contribution in [-0.4, -0.2) is 55.0 Å². The minimum Gasteiger partial charge on any atom is -0.490 e. The van der Waals surface area contributed by atoms with Crippen LogP contribution in [0.25, 0.3) is 0 Å². The van der Waals surface area contributed by atoms with Crippen LogP contribution in [0.2, 0.25) is 5.02 Å². The van der Waals surface area contributed by atoms with E-state index in [1.54, 1.807) is 24.4 Å². The summed E-state index contributed by atoms with van der Waals surface area (Å²) in [5, 5.41) is 12.1. The Morgan fingerprint density at radius 2 is 2.06 bits per heavy atom. The second-order valence-electron chi connectivity index (χ2n) is 14.5. The van der Waals surface area contributed by atoms with Crippen LogP contribution < -0.4 is 14.4 Å². The Morgan fingerprint density at radius 1 is 1.22 bits per heavy atom. The molecule has 1 aliphatic heterocycles. The molecule has 2 heterocycles. The lowest BCUT2D eigenvalue weighted by Crippen LogP contribution is -2.52. The predicted molar refractivity (Wildman–Crippen MR) is 203 cm³/mol. The Balaban J connectivity index is 1.33. The van der Waals surface area contributed by atoms with Crippen LogP contribution in [0.1, 0.15) is 86.5 Å². The highest BCUT2D eigenvalue weighted by atomic mass is 35.5. The van der Waals surface area contributed by atoms with Crippen molar-refractivity contribution < 1.29 is 23.1 Å². The molecule has 1 spiro atoms. The third kappa shape index (κ3) is 8.14. The zero-order valence-corrected chi connectivity index (χ0v) is 31.3. The van der Waals surface area contributed by atoms with Crippen molar-refractivity contribution in [2.24, 2.45) is 11.8 Å². The van der Waals surface area contributed by atoms with Crippen molar-refractivity contribution in [3.05, 3.63) is 100 Å². The average molecular weight is 730 g/mol. The van der Waals surface area contributed by atoms with E-state index >= 15 is 0 Å². The van der Waals surface area contributed by atoms with Gasteiger partial charge in [-0.15, -0.1) is 0 Å². The summed E-state index contributed by atoms with van der Waals surface area (Å²) in [5.74, 6) is 6.50. The Kier molecular flexibility index (Phi) is 11.2. The number of amides is 1. The molecule has 270 valence electrons. The monoisotopic (exact) mass is 729 g/mol. The number of carbonyl (C=O) groups excluding carboxylic acids is 1. The molecule has 2 N–H and O–H groups in total. The number of anilines is 1. The third-order valence-electron chi connectivity index (χ3n) is 10.7. The highest BCUT2D eigenvalue weighted by Gasteiger charge is 2.47. The SMILES string of the molecule is CC/C=C/[C@](O)(C#CCCc1ccccn1)[C@@H]1CC[C@H]1CN1C[C@@]2(CCCc3cc(Cl)ccc32)COc2ccc(C(=O)NS(=O)(=O)C(C)C)cc21. The van der Waals surface area contributed by atoms with Crippen LogP contribution in [0.5, 0.6) is 5.75 Å². The first-order chi connectivity index (χ1) is 24.4. The number of aryl methyl sites for hydroxylation is 2. The minimum absolute atomic E-state index is 0.0914. The largest absolute Gasteiger partial charge is 0.490 e. The number of carbonyl (C=O) groups is 1. The summed E-state index contributed by atoms with van der Waals surface area (Å²) in [7, 11) is -3.82. The van der Waals surface area contributed by atoms with E-state index in [4.69, 9.17) is 16.3 Å².